The second-order valence-corrected chi connectivity index (χ2v) is 12.3. The van der Waals surface area contributed by atoms with Gasteiger partial charge in [0.2, 0.25) is 0 Å². The number of nitrogens with zero attached hydrogens (tertiary/aromatic N) is 4. The molecule has 1 radical (unpaired) electrons. The average molecular weight is 764 g/mol. The Morgan fingerprint density at radius 3 is 1.33 bits per heavy atom. The molecule has 0 saturated heterocycles. The van der Waals surface area contributed by atoms with Gasteiger partial charge in [0.15, 0.2) is 0 Å². The Kier molecular flexibility index (Phi) is 9.14. The third-order valence-electron chi connectivity index (χ3n) is 9.15. The normalized spacial score (nSPS) is 11.9. The molecule has 4 aromatic carbocycles. The molecule has 0 N–H and O–H groups in total. The van der Waals surface area contributed by atoms with Gasteiger partial charge in [-0.15, -0.1) is 22.7 Å². The summed E-state index contributed by atoms with van der Waals surface area (Å²) in [6.45, 7) is 2.43. The molecule has 0 saturated carbocycles. The Labute approximate surface area is 318 Å². The van der Waals surface area contributed by atoms with Gasteiger partial charge in [0.25, 0.3) is 0 Å². The molecule has 7 aromatic rings. The summed E-state index contributed by atoms with van der Waals surface area (Å²) in [5.41, 5.74) is 14.0. The van der Waals surface area contributed by atoms with E-state index in [0.717, 1.165) is 83.5 Å². The molecule has 3 aromatic heterocycles. The quantitative estimate of drug-likeness (QED) is 0.129. The largest absolute Gasteiger partial charge is 0.665 e. The maximum Gasteiger partial charge on any atom is 0.134 e. The van der Waals surface area contributed by atoms with Crippen molar-refractivity contribution >= 4 is 45.8 Å². The van der Waals surface area contributed by atoms with Crippen LogP contribution in [0.4, 0.5) is 5.69 Å². The minimum Gasteiger partial charge on any atom is -0.665 e. The molecule has 5 heterocycles. The van der Waals surface area contributed by atoms with Crippen LogP contribution < -0.4 is 9.97 Å². The molecule has 0 atom stereocenters. The molecule has 2 aliphatic rings. The number of aromatic nitrogens is 3. The Balaban J connectivity index is 0.00000387. The van der Waals surface area contributed by atoms with Crippen molar-refractivity contribution in [3.05, 3.63) is 169 Å². The van der Waals surface area contributed by atoms with Gasteiger partial charge >= 0.3 is 0 Å². The maximum absolute atomic E-state index is 6.29. The van der Waals surface area contributed by atoms with Crippen molar-refractivity contribution in [2.45, 2.75) is 6.92 Å². The standard InChI is InChI=1S/C46H31N4O.Ag/c1-2-51-46-34-29-41(50-46)45(33-21-13-6-14-22-33)40-28-27-39(49-40)44(32-19-11-5-12-20-32)38-26-25-37(48-38)43(31-17-9-4-10-18-31)36-24-23-35(47-36)42(34)30-15-7-3-8-16-30;/h3-28H,2H2,1H3;/q-3;. The Morgan fingerprint density at radius 2 is 0.885 bits per heavy atom. The third kappa shape index (κ3) is 6.05. The molecule has 9 rings (SSSR count). The van der Waals surface area contributed by atoms with Gasteiger partial charge in [-0.1, -0.05) is 168 Å². The van der Waals surface area contributed by atoms with Crippen LogP contribution in [0.15, 0.2) is 151 Å². The van der Waals surface area contributed by atoms with Crippen LogP contribution in [-0.2, 0) is 27.1 Å². The molecule has 0 fully saturated rings. The SMILES string of the molecule is CCOC1=Nc2[c-]c1c(-c1ccccc1)c1ccc([n-]1)c(-c1ccccc1)c1nc(c(-c3ccccc3)c3ccc([n-]3)c2-c2ccccc2)C=C1.[Ag]. The average Bonchev–Trinajstić information content (AvgIpc) is 4.01. The number of hydrogen-bond acceptors (Lipinski definition) is 3. The van der Waals surface area contributed by atoms with Crippen LogP contribution in [-0.4, -0.2) is 17.5 Å². The Bertz CT molecular complexity index is 2620. The predicted octanol–water partition coefficient (Wildman–Crippen LogP) is 10.9. The van der Waals surface area contributed by atoms with E-state index in [9.17, 15) is 0 Å². The fraction of sp³-hybridized carbons (Fsp3) is 0.0435. The zero-order chi connectivity index (χ0) is 34.1. The van der Waals surface area contributed by atoms with Crippen LogP contribution in [0.1, 0.15) is 23.9 Å². The van der Waals surface area contributed by atoms with Gasteiger partial charge in [-0.25, -0.2) is 4.98 Å². The molecule has 0 amide bonds. The predicted molar refractivity (Wildman–Crippen MR) is 208 cm³/mol. The van der Waals surface area contributed by atoms with Crippen molar-refractivity contribution in [2.75, 3.05) is 6.61 Å². The fourth-order valence-electron chi connectivity index (χ4n) is 6.91. The summed E-state index contributed by atoms with van der Waals surface area (Å²) in [6.07, 6.45) is 4.18. The van der Waals surface area contributed by atoms with Gasteiger partial charge in [-0.3, -0.25) is 4.99 Å². The van der Waals surface area contributed by atoms with Crippen molar-refractivity contribution in [1.29, 1.82) is 0 Å². The smallest absolute Gasteiger partial charge is 0.134 e. The zero-order valence-electron chi connectivity index (χ0n) is 28.2. The monoisotopic (exact) mass is 762 g/mol. The molecule has 255 valence electrons. The summed E-state index contributed by atoms with van der Waals surface area (Å²) in [4.78, 5) is 21.1. The van der Waals surface area contributed by atoms with E-state index in [0.29, 0.717) is 18.2 Å². The third-order valence-corrected chi connectivity index (χ3v) is 9.15. The second-order valence-electron chi connectivity index (χ2n) is 12.3. The summed E-state index contributed by atoms with van der Waals surface area (Å²) in [7, 11) is 0. The van der Waals surface area contributed by atoms with Crippen LogP contribution in [0, 0.1) is 6.07 Å². The van der Waals surface area contributed by atoms with Crippen LogP contribution in [0.2, 0.25) is 0 Å². The Hall–Kier alpha value is -5.98. The Morgan fingerprint density at radius 1 is 0.500 bits per heavy atom. The molecule has 2 aliphatic heterocycles. The summed E-state index contributed by atoms with van der Waals surface area (Å²) >= 11 is 0. The van der Waals surface area contributed by atoms with Gasteiger partial charge in [-0.2, -0.15) is 11.0 Å². The van der Waals surface area contributed by atoms with Crippen molar-refractivity contribution in [3.8, 4) is 44.5 Å². The summed E-state index contributed by atoms with van der Waals surface area (Å²) < 4.78 is 6.29. The van der Waals surface area contributed by atoms with E-state index in [4.69, 9.17) is 24.7 Å². The van der Waals surface area contributed by atoms with Gasteiger partial charge < -0.3 is 14.7 Å². The molecule has 6 heteroatoms. The minimum atomic E-state index is 0. The van der Waals surface area contributed by atoms with Crippen LogP contribution in [0.3, 0.4) is 0 Å². The van der Waals surface area contributed by atoms with Crippen LogP contribution >= 0.6 is 0 Å². The van der Waals surface area contributed by atoms with E-state index in [-0.39, 0.29) is 22.4 Å². The van der Waals surface area contributed by atoms with E-state index in [1.807, 2.05) is 67.6 Å². The van der Waals surface area contributed by atoms with Gasteiger partial charge in [-0.05, 0) is 47.0 Å². The molecule has 52 heavy (non-hydrogen) atoms. The first kappa shape index (κ1) is 33.2. The van der Waals surface area contributed by atoms with Crippen molar-refractivity contribution in [1.82, 2.24) is 15.0 Å². The van der Waals surface area contributed by atoms with Gasteiger partial charge in [0.05, 0.1) is 18.0 Å². The molecule has 5 nitrogen and oxygen atoms in total. The molecule has 0 spiro atoms. The number of hydrogen-bond donors (Lipinski definition) is 0. The first-order chi connectivity index (χ1) is 25.2. The van der Waals surface area contributed by atoms with E-state index < -0.39 is 0 Å². The number of benzene rings is 4. The number of aliphatic imine (C=N–C) groups is 1. The van der Waals surface area contributed by atoms with Gasteiger partial charge in [0.1, 0.15) is 5.90 Å². The minimum absolute atomic E-state index is 0. The zero-order valence-corrected chi connectivity index (χ0v) is 29.7. The van der Waals surface area contributed by atoms with Crippen molar-refractivity contribution < 1.29 is 27.1 Å². The van der Waals surface area contributed by atoms with E-state index >= 15 is 0 Å². The maximum atomic E-state index is 6.29. The van der Waals surface area contributed by atoms with E-state index in [1.54, 1.807) is 0 Å². The first-order valence-electron chi connectivity index (χ1n) is 17.1. The van der Waals surface area contributed by atoms with Crippen molar-refractivity contribution in [2.24, 2.45) is 4.99 Å². The molecule has 0 unspecified atom stereocenters. The van der Waals surface area contributed by atoms with Crippen LogP contribution in [0.25, 0.3) is 78.7 Å². The van der Waals surface area contributed by atoms with Crippen molar-refractivity contribution in [3.63, 3.8) is 0 Å². The molecule has 8 bridgehead atoms. The van der Waals surface area contributed by atoms with Crippen LogP contribution in [0.5, 0.6) is 0 Å². The summed E-state index contributed by atoms with van der Waals surface area (Å²) in [5, 5.41) is 0. The molecular weight excluding hydrogens is 732 g/mol. The number of rotatable bonds is 5. The fourth-order valence-corrected chi connectivity index (χ4v) is 6.91. The summed E-state index contributed by atoms with van der Waals surface area (Å²) in [5.74, 6) is 0.506. The second kappa shape index (κ2) is 14.3. The molecular formula is C46H31AgN4O-3. The molecule has 0 aliphatic carbocycles. The van der Waals surface area contributed by atoms with E-state index in [2.05, 4.69) is 103 Å². The topological polar surface area (TPSA) is 62.7 Å². The first-order valence-corrected chi connectivity index (χ1v) is 17.1. The number of fused-ring (bicyclic) bond motifs is 8. The summed E-state index contributed by atoms with van der Waals surface area (Å²) in [6, 6.07) is 53.3. The van der Waals surface area contributed by atoms with E-state index in [1.165, 1.54) is 0 Å². The van der Waals surface area contributed by atoms with Gasteiger partial charge in [0, 0.05) is 22.4 Å². The number of ether oxygens (including phenoxy) is 1.